The molecule has 0 bridgehead atoms. The molecule has 3 aromatic rings. The molecule has 3 aromatic carbocycles. The number of ketones is 1. The minimum absolute atomic E-state index is 0.00794. The summed E-state index contributed by atoms with van der Waals surface area (Å²) in [6.07, 6.45) is 1.20. The SMILES string of the molecule is COc1ccc([C@H]2Nc3ccccc3NC3=C2C(=O)CC(C)(C)C3)cc1COc1ccc(F)cc1F. The van der Waals surface area contributed by atoms with Gasteiger partial charge in [-0.3, -0.25) is 4.79 Å². The van der Waals surface area contributed by atoms with E-state index in [1.165, 1.54) is 6.07 Å². The quantitative estimate of drug-likeness (QED) is 0.413. The van der Waals surface area contributed by atoms with E-state index in [2.05, 4.69) is 24.5 Å². The van der Waals surface area contributed by atoms with Crippen molar-refractivity contribution in [3.8, 4) is 11.5 Å². The zero-order chi connectivity index (χ0) is 25.4. The smallest absolute Gasteiger partial charge is 0.167 e. The maximum Gasteiger partial charge on any atom is 0.167 e. The molecule has 5 nitrogen and oxygen atoms in total. The number of ether oxygens (including phenoxy) is 2. The molecule has 0 spiro atoms. The van der Waals surface area contributed by atoms with Gasteiger partial charge in [0.1, 0.15) is 18.2 Å². The van der Waals surface area contributed by atoms with Crippen LogP contribution in [-0.2, 0) is 11.4 Å². The van der Waals surface area contributed by atoms with Gasteiger partial charge >= 0.3 is 0 Å². The van der Waals surface area contributed by atoms with Crippen molar-refractivity contribution in [1.29, 1.82) is 0 Å². The van der Waals surface area contributed by atoms with Crippen LogP contribution in [0.4, 0.5) is 20.2 Å². The molecule has 1 aliphatic carbocycles. The molecule has 0 amide bonds. The minimum atomic E-state index is -0.775. The van der Waals surface area contributed by atoms with Crippen molar-refractivity contribution >= 4 is 17.2 Å². The van der Waals surface area contributed by atoms with E-state index in [0.717, 1.165) is 41.2 Å². The van der Waals surface area contributed by atoms with Crippen molar-refractivity contribution in [1.82, 2.24) is 0 Å². The number of hydrogen-bond donors (Lipinski definition) is 2. The molecule has 0 unspecified atom stereocenters. The standard InChI is InChI=1S/C29H28F2N2O3/c1-29(2)14-23-27(24(34)15-29)28(33-22-7-5-4-6-21(22)32-23)17-8-10-25(35-3)18(12-17)16-36-26-11-9-19(30)13-20(26)31/h4-13,28,32-33H,14-16H2,1-3H3/t28-/m1/s1. The normalized spacial score (nSPS) is 18.4. The Bertz CT molecular complexity index is 1370. The summed E-state index contributed by atoms with van der Waals surface area (Å²) in [6.45, 7) is 4.22. The van der Waals surface area contributed by atoms with Gasteiger partial charge in [-0.2, -0.15) is 0 Å². The van der Waals surface area contributed by atoms with Gasteiger partial charge in [0.05, 0.1) is 24.5 Å². The number of carbonyl (C=O) groups excluding carboxylic acids is 1. The first kappa shape index (κ1) is 23.9. The van der Waals surface area contributed by atoms with Gasteiger partial charge in [0.2, 0.25) is 0 Å². The third kappa shape index (κ3) is 4.65. The molecule has 0 saturated carbocycles. The Hall–Kier alpha value is -3.87. The molecule has 0 saturated heterocycles. The Morgan fingerprint density at radius 3 is 2.47 bits per heavy atom. The van der Waals surface area contributed by atoms with E-state index in [0.29, 0.717) is 23.3 Å². The summed E-state index contributed by atoms with van der Waals surface area (Å²) < 4.78 is 38.6. The van der Waals surface area contributed by atoms with Gasteiger partial charge in [-0.25, -0.2) is 8.78 Å². The summed E-state index contributed by atoms with van der Waals surface area (Å²) in [5, 5.41) is 7.08. The second-order valence-corrected chi connectivity index (χ2v) is 10.0. The maximum absolute atomic E-state index is 14.1. The molecule has 1 atom stereocenters. The highest BCUT2D eigenvalue weighted by Crippen LogP contribution is 2.45. The average Bonchev–Trinajstić information content (AvgIpc) is 2.99. The Morgan fingerprint density at radius 1 is 0.972 bits per heavy atom. The Balaban J connectivity index is 1.54. The van der Waals surface area contributed by atoms with E-state index in [-0.39, 0.29) is 23.6 Å². The fraction of sp³-hybridized carbons (Fsp3) is 0.276. The number of methoxy groups -OCH3 is 1. The van der Waals surface area contributed by atoms with Crippen LogP contribution in [0.15, 0.2) is 71.9 Å². The lowest BCUT2D eigenvalue weighted by molar-refractivity contribution is -0.118. The summed E-state index contributed by atoms with van der Waals surface area (Å²) in [6, 6.07) is 16.3. The van der Waals surface area contributed by atoms with Crippen LogP contribution in [0.3, 0.4) is 0 Å². The first-order valence-corrected chi connectivity index (χ1v) is 11.9. The molecular formula is C29H28F2N2O3. The van der Waals surface area contributed by atoms with Gasteiger partial charge in [0.15, 0.2) is 17.3 Å². The Kier molecular flexibility index (Phi) is 6.16. The number of hydrogen-bond acceptors (Lipinski definition) is 5. The van der Waals surface area contributed by atoms with Crippen LogP contribution in [0, 0.1) is 17.0 Å². The van der Waals surface area contributed by atoms with Gasteiger partial charge in [-0.1, -0.05) is 32.0 Å². The molecule has 1 aliphatic heterocycles. The number of Topliss-reactive ketones (excluding diaryl/α,β-unsaturated/α-hetero) is 1. The predicted octanol–water partition coefficient (Wildman–Crippen LogP) is 6.77. The molecule has 2 N–H and O–H groups in total. The molecule has 186 valence electrons. The van der Waals surface area contributed by atoms with Crippen LogP contribution in [0.25, 0.3) is 0 Å². The van der Waals surface area contributed by atoms with E-state index < -0.39 is 17.7 Å². The number of benzene rings is 3. The van der Waals surface area contributed by atoms with Crippen molar-refractivity contribution < 1.29 is 23.0 Å². The van der Waals surface area contributed by atoms with Gasteiger partial charge in [0, 0.05) is 29.3 Å². The van der Waals surface area contributed by atoms with Gasteiger partial charge in [-0.15, -0.1) is 0 Å². The molecule has 0 radical (unpaired) electrons. The second kappa shape index (κ2) is 9.30. The van der Waals surface area contributed by atoms with Crippen LogP contribution in [0.1, 0.15) is 43.9 Å². The highest BCUT2D eigenvalue weighted by Gasteiger charge is 2.38. The number of halogens is 2. The van der Waals surface area contributed by atoms with Gasteiger partial charge < -0.3 is 20.1 Å². The second-order valence-electron chi connectivity index (χ2n) is 10.0. The summed E-state index contributed by atoms with van der Waals surface area (Å²) in [5.41, 5.74) is 4.83. The lowest BCUT2D eigenvalue weighted by Crippen LogP contribution is -2.31. The first-order chi connectivity index (χ1) is 17.2. The monoisotopic (exact) mass is 490 g/mol. The molecular weight excluding hydrogens is 462 g/mol. The van der Waals surface area contributed by atoms with Crippen molar-refractivity contribution in [3.63, 3.8) is 0 Å². The molecule has 5 rings (SSSR count). The van der Waals surface area contributed by atoms with Crippen LogP contribution in [-0.4, -0.2) is 12.9 Å². The molecule has 0 fully saturated rings. The fourth-order valence-corrected chi connectivity index (χ4v) is 4.98. The summed E-state index contributed by atoms with van der Waals surface area (Å²) >= 11 is 0. The molecule has 7 heteroatoms. The zero-order valence-corrected chi connectivity index (χ0v) is 20.5. The van der Waals surface area contributed by atoms with E-state index in [4.69, 9.17) is 9.47 Å². The Morgan fingerprint density at radius 2 is 1.72 bits per heavy atom. The van der Waals surface area contributed by atoms with Crippen LogP contribution < -0.4 is 20.1 Å². The zero-order valence-electron chi connectivity index (χ0n) is 20.5. The average molecular weight is 491 g/mol. The topological polar surface area (TPSA) is 59.6 Å². The van der Waals surface area contributed by atoms with Crippen molar-refractivity contribution in [2.45, 2.75) is 39.3 Å². The predicted molar refractivity (Wildman–Crippen MR) is 135 cm³/mol. The number of carbonyl (C=O) groups is 1. The Labute approximate surface area is 209 Å². The number of para-hydroxylation sites is 2. The number of allylic oxidation sites excluding steroid dienone is 1. The minimum Gasteiger partial charge on any atom is -0.496 e. The van der Waals surface area contributed by atoms with Crippen molar-refractivity contribution in [3.05, 3.63) is 94.7 Å². The number of anilines is 2. The fourth-order valence-electron chi connectivity index (χ4n) is 4.98. The largest absolute Gasteiger partial charge is 0.496 e. The van der Waals surface area contributed by atoms with Crippen LogP contribution >= 0.6 is 0 Å². The van der Waals surface area contributed by atoms with Crippen molar-refractivity contribution in [2.24, 2.45) is 5.41 Å². The lowest BCUT2D eigenvalue weighted by atomic mass is 9.73. The van der Waals surface area contributed by atoms with E-state index >= 15 is 0 Å². The van der Waals surface area contributed by atoms with Crippen LogP contribution in [0.2, 0.25) is 0 Å². The highest BCUT2D eigenvalue weighted by molar-refractivity contribution is 6.01. The van der Waals surface area contributed by atoms with E-state index in [9.17, 15) is 13.6 Å². The summed E-state index contributed by atoms with van der Waals surface area (Å²) in [4.78, 5) is 13.5. The third-order valence-electron chi connectivity index (χ3n) is 6.64. The van der Waals surface area contributed by atoms with Crippen molar-refractivity contribution in [2.75, 3.05) is 17.7 Å². The van der Waals surface area contributed by atoms with Crippen LogP contribution in [0.5, 0.6) is 11.5 Å². The maximum atomic E-state index is 14.1. The lowest BCUT2D eigenvalue weighted by Gasteiger charge is -2.34. The van der Waals surface area contributed by atoms with E-state index in [1.54, 1.807) is 7.11 Å². The number of fused-ring (bicyclic) bond motifs is 1. The highest BCUT2D eigenvalue weighted by atomic mass is 19.1. The first-order valence-electron chi connectivity index (χ1n) is 11.9. The number of rotatable bonds is 5. The molecule has 36 heavy (non-hydrogen) atoms. The third-order valence-corrected chi connectivity index (χ3v) is 6.64. The molecule has 2 aliphatic rings. The number of nitrogens with one attached hydrogen (secondary N) is 2. The van der Waals surface area contributed by atoms with E-state index in [1.807, 2.05) is 42.5 Å². The summed E-state index contributed by atoms with van der Waals surface area (Å²) in [5.74, 6) is -0.829. The molecule has 1 heterocycles. The van der Waals surface area contributed by atoms with Gasteiger partial charge in [0.25, 0.3) is 0 Å². The van der Waals surface area contributed by atoms with Gasteiger partial charge in [-0.05, 0) is 53.8 Å². The molecule has 0 aromatic heterocycles. The summed E-state index contributed by atoms with van der Waals surface area (Å²) in [7, 11) is 1.55.